The lowest BCUT2D eigenvalue weighted by Crippen LogP contribution is -2.49. The summed E-state index contributed by atoms with van der Waals surface area (Å²) in [7, 11) is -3.47. The van der Waals surface area contributed by atoms with Crippen LogP contribution in [0.4, 0.5) is 11.6 Å². The van der Waals surface area contributed by atoms with Crippen LogP contribution in [0.15, 0.2) is 29.2 Å². The van der Waals surface area contributed by atoms with Crippen LogP contribution < -0.4 is 10.2 Å². The van der Waals surface area contributed by atoms with Gasteiger partial charge >= 0.3 is 0 Å². The zero-order chi connectivity index (χ0) is 19.6. The second-order valence-electron chi connectivity index (χ2n) is 6.83. The summed E-state index contributed by atoms with van der Waals surface area (Å²) in [6.07, 6.45) is 0. The van der Waals surface area contributed by atoms with E-state index < -0.39 is 10.0 Å². The van der Waals surface area contributed by atoms with Crippen molar-refractivity contribution in [2.45, 2.75) is 32.6 Å². The minimum absolute atomic E-state index is 0.367. The van der Waals surface area contributed by atoms with Gasteiger partial charge in [0.2, 0.25) is 10.0 Å². The van der Waals surface area contributed by atoms with E-state index in [2.05, 4.69) is 20.2 Å². The maximum absolute atomic E-state index is 13.0. The van der Waals surface area contributed by atoms with Crippen molar-refractivity contribution < 1.29 is 8.42 Å². The van der Waals surface area contributed by atoms with Crippen molar-refractivity contribution in [2.75, 3.05) is 42.9 Å². The Labute approximate surface area is 161 Å². The molecule has 0 spiro atoms. The molecule has 1 fully saturated rings. The summed E-state index contributed by atoms with van der Waals surface area (Å²) in [4.78, 5) is 11.4. The first kappa shape index (κ1) is 19.6. The number of aryl methyl sites for hydroxylation is 3. The van der Waals surface area contributed by atoms with Crippen molar-refractivity contribution in [3.05, 3.63) is 41.2 Å². The zero-order valence-electron chi connectivity index (χ0n) is 16.4. The van der Waals surface area contributed by atoms with Gasteiger partial charge < -0.3 is 10.2 Å². The van der Waals surface area contributed by atoms with E-state index in [0.717, 1.165) is 29.3 Å². The Balaban J connectivity index is 1.74. The maximum atomic E-state index is 13.0. The number of benzene rings is 1. The van der Waals surface area contributed by atoms with Crippen LogP contribution >= 0.6 is 0 Å². The Morgan fingerprint density at radius 2 is 1.70 bits per heavy atom. The van der Waals surface area contributed by atoms with E-state index in [0.29, 0.717) is 36.9 Å². The van der Waals surface area contributed by atoms with Crippen LogP contribution in [0.25, 0.3) is 0 Å². The minimum atomic E-state index is -3.47. The molecule has 1 N–H and O–H groups in total. The number of hydrogen-bond acceptors (Lipinski definition) is 6. The van der Waals surface area contributed by atoms with E-state index in [-0.39, 0.29) is 0 Å². The van der Waals surface area contributed by atoms with Crippen molar-refractivity contribution in [2.24, 2.45) is 0 Å². The normalized spacial score (nSPS) is 15.8. The molecule has 1 aliphatic heterocycles. The molecule has 0 aliphatic carbocycles. The van der Waals surface area contributed by atoms with E-state index in [1.807, 2.05) is 39.8 Å². The fourth-order valence-corrected chi connectivity index (χ4v) is 4.67. The molecule has 27 heavy (non-hydrogen) atoms. The minimum Gasteiger partial charge on any atom is -0.370 e. The molecule has 0 atom stereocenters. The molecule has 2 heterocycles. The molecule has 146 valence electrons. The third-order valence-electron chi connectivity index (χ3n) is 4.86. The lowest BCUT2D eigenvalue weighted by molar-refractivity contribution is 0.383. The molecule has 0 amide bonds. The van der Waals surface area contributed by atoms with Crippen molar-refractivity contribution >= 4 is 21.7 Å². The first-order valence-electron chi connectivity index (χ1n) is 9.23. The van der Waals surface area contributed by atoms with E-state index in [4.69, 9.17) is 0 Å². The van der Waals surface area contributed by atoms with E-state index in [1.54, 1.807) is 16.4 Å². The van der Waals surface area contributed by atoms with Gasteiger partial charge in [-0.25, -0.2) is 18.4 Å². The fraction of sp³-hybridized carbons (Fsp3) is 0.474. The monoisotopic (exact) mass is 389 g/mol. The number of hydrogen-bond donors (Lipinski definition) is 1. The number of nitrogens with one attached hydrogen (secondary N) is 1. The SMILES string of the molecule is CCNc1cc(N2CCN(S(=O)(=O)c3ccc(C)c(C)c3)CC2)nc(C)n1. The van der Waals surface area contributed by atoms with Gasteiger partial charge in [-0.3, -0.25) is 0 Å². The molecule has 3 rings (SSSR count). The topological polar surface area (TPSA) is 78.4 Å². The average molecular weight is 390 g/mol. The predicted octanol–water partition coefficient (Wildman–Crippen LogP) is 2.34. The highest BCUT2D eigenvalue weighted by Crippen LogP contribution is 2.23. The lowest BCUT2D eigenvalue weighted by atomic mass is 10.1. The number of sulfonamides is 1. The van der Waals surface area contributed by atoms with Gasteiger partial charge in [0.15, 0.2) is 0 Å². The predicted molar refractivity (Wildman–Crippen MR) is 108 cm³/mol. The van der Waals surface area contributed by atoms with Crippen molar-refractivity contribution in [1.82, 2.24) is 14.3 Å². The first-order valence-corrected chi connectivity index (χ1v) is 10.7. The zero-order valence-corrected chi connectivity index (χ0v) is 17.2. The Morgan fingerprint density at radius 3 is 2.33 bits per heavy atom. The highest BCUT2D eigenvalue weighted by Gasteiger charge is 2.29. The smallest absolute Gasteiger partial charge is 0.243 e. The summed E-state index contributed by atoms with van der Waals surface area (Å²) in [6, 6.07) is 7.24. The molecule has 0 bridgehead atoms. The van der Waals surface area contributed by atoms with Gasteiger partial charge in [0.1, 0.15) is 17.5 Å². The highest BCUT2D eigenvalue weighted by atomic mass is 32.2. The van der Waals surface area contributed by atoms with Crippen LogP contribution in [-0.4, -0.2) is 55.4 Å². The standard InChI is InChI=1S/C19H27N5O2S/c1-5-20-18-13-19(22-16(4)21-18)23-8-10-24(11-9-23)27(25,26)17-7-6-14(2)15(3)12-17/h6-7,12-13H,5,8-11H2,1-4H3,(H,20,21,22). The second-order valence-corrected chi connectivity index (χ2v) is 8.76. The Kier molecular flexibility index (Phi) is 5.67. The number of aromatic nitrogens is 2. The molecule has 2 aromatic rings. The molecule has 0 saturated carbocycles. The molecule has 1 aliphatic rings. The van der Waals surface area contributed by atoms with Crippen molar-refractivity contribution in [1.29, 1.82) is 0 Å². The van der Waals surface area contributed by atoms with Crippen molar-refractivity contribution in [3.8, 4) is 0 Å². The van der Waals surface area contributed by atoms with E-state index in [9.17, 15) is 8.42 Å². The molecular weight excluding hydrogens is 362 g/mol. The van der Waals surface area contributed by atoms with Gasteiger partial charge in [0.25, 0.3) is 0 Å². The van der Waals surface area contributed by atoms with Crippen LogP contribution in [0.1, 0.15) is 23.9 Å². The van der Waals surface area contributed by atoms with Gasteiger partial charge in [-0.15, -0.1) is 0 Å². The summed E-state index contributed by atoms with van der Waals surface area (Å²) in [5.41, 5.74) is 2.08. The molecule has 8 heteroatoms. The third kappa shape index (κ3) is 4.22. The quantitative estimate of drug-likeness (QED) is 0.846. The van der Waals surface area contributed by atoms with Gasteiger partial charge in [0.05, 0.1) is 4.90 Å². The van der Waals surface area contributed by atoms with Gasteiger partial charge in [-0.05, 0) is 51.0 Å². The Hall–Kier alpha value is -2.19. The maximum Gasteiger partial charge on any atom is 0.243 e. The van der Waals surface area contributed by atoms with Gasteiger partial charge in [-0.1, -0.05) is 6.07 Å². The Morgan fingerprint density at radius 1 is 1.00 bits per heavy atom. The van der Waals surface area contributed by atoms with E-state index >= 15 is 0 Å². The number of piperazine rings is 1. The van der Waals surface area contributed by atoms with Crippen LogP contribution in [0.3, 0.4) is 0 Å². The second kappa shape index (κ2) is 7.82. The molecule has 1 saturated heterocycles. The summed E-state index contributed by atoms with van der Waals surface area (Å²) >= 11 is 0. The summed E-state index contributed by atoms with van der Waals surface area (Å²) in [5.74, 6) is 2.33. The summed E-state index contributed by atoms with van der Waals surface area (Å²) < 4.78 is 27.5. The van der Waals surface area contributed by atoms with E-state index in [1.165, 1.54) is 0 Å². The number of anilines is 2. The van der Waals surface area contributed by atoms with Crippen molar-refractivity contribution in [3.63, 3.8) is 0 Å². The highest BCUT2D eigenvalue weighted by molar-refractivity contribution is 7.89. The van der Waals surface area contributed by atoms with Crippen LogP contribution in [0.5, 0.6) is 0 Å². The molecule has 7 nitrogen and oxygen atoms in total. The van der Waals surface area contributed by atoms with Gasteiger partial charge in [-0.2, -0.15) is 4.31 Å². The molecule has 0 unspecified atom stereocenters. The lowest BCUT2D eigenvalue weighted by Gasteiger charge is -2.35. The first-order chi connectivity index (χ1) is 12.8. The molecule has 1 aromatic carbocycles. The Bertz CT molecular complexity index is 922. The van der Waals surface area contributed by atoms with Crippen LogP contribution in [0, 0.1) is 20.8 Å². The molecular formula is C19H27N5O2S. The summed E-state index contributed by atoms with van der Waals surface area (Å²) in [5, 5.41) is 3.21. The molecule has 1 aromatic heterocycles. The van der Waals surface area contributed by atoms with Crippen LogP contribution in [-0.2, 0) is 10.0 Å². The number of rotatable bonds is 5. The summed E-state index contributed by atoms with van der Waals surface area (Å²) in [6.45, 7) is 10.7. The fourth-order valence-electron chi connectivity index (χ4n) is 3.17. The van der Waals surface area contributed by atoms with Gasteiger partial charge in [0, 0.05) is 38.8 Å². The average Bonchev–Trinajstić information content (AvgIpc) is 2.64. The van der Waals surface area contributed by atoms with Crippen LogP contribution in [0.2, 0.25) is 0 Å². The number of nitrogens with zero attached hydrogens (tertiary/aromatic N) is 4. The largest absolute Gasteiger partial charge is 0.370 e. The molecule has 0 radical (unpaired) electrons. The third-order valence-corrected chi connectivity index (χ3v) is 6.76.